The Labute approximate surface area is 331 Å². The van der Waals surface area contributed by atoms with Gasteiger partial charge in [-0.05, 0) is 134 Å². The molecule has 0 heterocycles. The monoisotopic (exact) mass is 720 g/mol. The summed E-state index contributed by atoms with van der Waals surface area (Å²) in [6, 6.07) is 81.7. The molecule has 0 nitrogen and oxygen atoms in total. The van der Waals surface area contributed by atoms with E-state index in [0.29, 0.717) is 0 Å². The molecular formula is C57H36. The van der Waals surface area contributed by atoms with Crippen LogP contribution in [0.1, 0.15) is 22.3 Å². The van der Waals surface area contributed by atoms with E-state index in [4.69, 9.17) is 0 Å². The summed E-state index contributed by atoms with van der Waals surface area (Å²) in [4.78, 5) is 0. The van der Waals surface area contributed by atoms with Gasteiger partial charge in [-0.1, -0.05) is 194 Å². The molecule has 0 spiro atoms. The minimum absolute atomic E-state index is 0.577. The van der Waals surface area contributed by atoms with Gasteiger partial charge in [0, 0.05) is 0 Å². The maximum absolute atomic E-state index is 2.54. The lowest BCUT2D eigenvalue weighted by Crippen LogP contribution is -2.28. The third kappa shape index (κ3) is 4.62. The first kappa shape index (κ1) is 32.0. The van der Waals surface area contributed by atoms with Crippen molar-refractivity contribution in [3.05, 3.63) is 241 Å². The van der Waals surface area contributed by atoms with E-state index >= 15 is 0 Å². The van der Waals surface area contributed by atoms with E-state index in [1.165, 1.54) is 109 Å². The highest BCUT2D eigenvalue weighted by molar-refractivity contribution is 6.20. The highest BCUT2D eigenvalue weighted by Crippen LogP contribution is 2.60. The van der Waals surface area contributed by atoms with Gasteiger partial charge in [0.05, 0.1) is 5.41 Å². The van der Waals surface area contributed by atoms with Crippen molar-refractivity contribution >= 4 is 53.9 Å². The molecule has 0 saturated heterocycles. The first-order valence-electron chi connectivity index (χ1n) is 19.9. The Bertz CT molecular complexity index is 3350. The fourth-order valence-electron chi connectivity index (χ4n) is 10.2. The van der Waals surface area contributed by atoms with E-state index in [0.717, 1.165) is 0 Å². The van der Waals surface area contributed by atoms with Crippen molar-refractivity contribution in [2.24, 2.45) is 0 Å². The minimum atomic E-state index is -0.577. The van der Waals surface area contributed by atoms with Gasteiger partial charge in [-0.25, -0.2) is 0 Å². The third-order valence-corrected chi connectivity index (χ3v) is 12.7. The number of hydrogen-bond donors (Lipinski definition) is 0. The van der Waals surface area contributed by atoms with Gasteiger partial charge in [-0.15, -0.1) is 0 Å². The largest absolute Gasteiger partial charge is 0.0714 e. The predicted molar refractivity (Wildman–Crippen MR) is 242 cm³/mol. The third-order valence-electron chi connectivity index (χ3n) is 12.7. The molecule has 0 aliphatic heterocycles. The van der Waals surface area contributed by atoms with Crippen molar-refractivity contribution in [2.75, 3.05) is 0 Å². The summed E-state index contributed by atoms with van der Waals surface area (Å²) in [5.74, 6) is 0. The van der Waals surface area contributed by atoms with Gasteiger partial charge in [0.1, 0.15) is 0 Å². The zero-order valence-corrected chi connectivity index (χ0v) is 31.3. The van der Waals surface area contributed by atoms with E-state index < -0.39 is 5.41 Å². The summed E-state index contributed by atoms with van der Waals surface area (Å²) in [5.41, 5.74) is 12.2. The second-order valence-electron chi connectivity index (χ2n) is 15.6. The fraction of sp³-hybridized carbons (Fsp3) is 0.0175. The standard InChI is InChI=1S/C57H36/c1-3-20-44(21-4-1)57(45-22-5-2-6-23-45)52-36-43(54-47-25-13-10-18-40(47)34-51-46-24-12-9-16-38(46)29-31-49(51)54)30-32-50(52)56-53(57)35-41-19-11-14-26-48(41)55(56)42-28-27-37-15-7-8-17-39(37)33-42/h1-36H. The molecular weight excluding hydrogens is 685 g/mol. The molecule has 0 amide bonds. The number of rotatable bonds is 4. The zero-order valence-electron chi connectivity index (χ0n) is 31.3. The van der Waals surface area contributed by atoms with Crippen molar-refractivity contribution in [2.45, 2.75) is 5.41 Å². The molecule has 1 aliphatic carbocycles. The summed E-state index contributed by atoms with van der Waals surface area (Å²) in [5, 5.41) is 12.6. The Morgan fingerprint density at radius 3 is 1.49 bits per heavy atom. The maximum atomic E-state index is 2.54. The Balaban J connectivity index is 1.25. The Kier molecular flexibility index (Phi) is 6.94. The van der Waals surface area contributed by atoms with Gasteiger partial charge in [0.25, 0.3) is 0 Å². The van der Waals surface area contributed by atoms with Crippen LogP contribution in [0.4, 0.5) is 0 Å². The van der Waals surface area contributed by atoms with Crippen molar-refractivity contribution in [3.63, 3.8) is 0 Å². The summed E-state index contributed by atoms with van der Waals surface area (Å²) in [6.07, 6.45) is 0. The SMILES string of the molecule is c1ccc(C2(c3ccccc3)c3cc(-c4c5ccccc5cc5c4ccc4ccccc45)ccc3-c3c2cc2ccccc2c3-c2ccc3ccccc3c2)cc1. The van der Waals surface area contributed by atoms with Gasteiger partial charge in [0.15, 0.2) is 0 Å². The summed E-state index contributed by atoms with van der Waals surface area (Å²) in [6.45, 7) is 0. The van der Waals surface area contributed by atoms with Gasteiger partial charge in [0.2, 0.25) is 0 Å². The molecule has 57 heavy (non-hydrogen) atoms. The molecule has 0 heteroatoms. The number of hydrogen-bond acceptors (Lipinski definition) is 0. The molecule has 0 N–H and O–H groups in total. The fourth-order valence-corrected chi connectivity index (χ4v) is 10.2. The van der Waals surface area contributed by atoms with Crippen LogP contribution >= 0.6 is 0 Å². The quantitative estimate of drug-likeness (QED) is 0.125. The first-order valence-corrected chi connectivity index (χ1v) is 19.9. The summed E-state index contributed by atoms with van der Waals surface area (Å²) in [7, 11) is 0. The number of benzene rings is 11. The number of fused-ring (bicyclic) bond motifs is 9. The molecule has 0 radical (unpaired) electrons. The molecule has 0 aromatic heterocycles. The lowest BCUT2D eigenvalue weighted by atomic mass is 9.67. The molecule has 0 bridgehead atoms. The van der Waals surface area contributed by atoms with E-state index in [9.17, 15) is 0 Å². The molecule has 0 fully saturated rings. The van der Waals surface area contributed by atoms with Gasteiger partial charge < -0.3 is 0 Å². The van der Waals surface area contributed by atoms with E-state index in [1.54, 1.807) is 0 Å². The molecule has 1 aliphatic rings. The van der Waals surface area contributed by atoms with E-state index in [-0.39, 0.29) is 0 Å². The molecule has 11 aromatic carbocycles. The van der Waals surface area contributed by atoms with Crippen LogP contribution in [0.15, 0.2) is 218 Å². The van der Waals surface area contributed by atoms with Crippen LogP contribution < -0.4 is 0 Å². The lowest BCUT2D eigenvalue weighted by Gasteiger charge is -2.34. The lowest BCUT2D eigenvalue weighted by molar-refractivity contribution is 0.770. The average Bonchev–Trinajstić information content (AvgIpc) is 3.57. The minimum Gasteiger partial charge on any atom is -0.0622 e. The van der Waals surface area contributed by atoms with Crippen molar-refractivity contribution in [1.29, 1.82) is 0 Å². The molecule has 264 valence electrons. The van der Waals surface area contributed by atoms with E-state index in [1.807, 2.05) is 0 Å². The first-order chi connectivity index (χ1) is 28.3. The highest BCUT2D eigenvalue weighted by atomic mass is 14.5. The zero-order chi connectivity index (χ0) is 37.5. The molecule has 0 unspecified atom stereocenters. The van der Waals surface area contributed by atoms with Crippen LogP contribution in [0.2, 0.25) is 0 Å². The summed E-state index contributed by atoms with van der Waals surface area (Å²) >= 11 is 0. The predicted octanol–water partition coefficient (Wildman–Crippen LogP) is 15.1. The van der Waals surface area contributed by atoms with Crippen LogP contribution in [0.3, 0.4) is 0 Å². The van der Waals surface area contributed by atoms with Crippen LogP contribution in [-0.4, -0.2) is 0 Å². The van der Waals surface area contributed by atoms with Crippen LogP contribution in [0.5, 0.6) is 0 Å². The Morgan fingerprint density at radius 2 is 0.772 bits per heavy atom. The summed E-state index contributed by atoms with van der Waals surface area (Å²) < 4.78 is 0. The smallest absolute Gasteiger partial charge is 0.0622 e. The second kappa shape index (κ2) is 12.4. The molecule has 0 atom stereocenters. The van der Waals surface area contributed by atoms with Crippen LogP contribution in [0.25, 0.3) is 87.2 Å². The van der Waals surface area contributed by atoms with Crippen LogP contribution in [0, 0.1) is 0 Å². The average molecular weight is 721 g/mol. The van der Waals surface area contributed by atoms with Crippen molar-refractivity contribution in [1.82, 2.24) is 0 Å². The molecule has 12 rings (SSSR count). The van der Waals surface area contributed by atoms with E-state index in [2.05, 4.69) is 218 Å². The second-order valence-corrected chi connectivity index (χ2v) is 15.6. The maximum Gasteiger partial charge on any atom is 0.0714 e. The van der Waals surface area contributed by atoms with Crippen molar-refractivity contribution < 1.29 is 0 Å². The van der Waals surface area contributed by atoms with Gasteiger partial charge >= 0.3 is 0 Å². The normalized spacial score (nSPS) is 13.1. The molecule has 0 saturated carbocycles. The molecule has 11 aromatic rings. The Hall–Kier alpha value is -7.28. The van der Waals surface area contributed by atoms with Gasteiger partial charge in [-0.2, -0.15) is 0 Å². The van der Waals surface area contributed by atoms with Gasteiger partial charge in [-0.3, -0.25) is 0 Å². The van der Waals surface area contributed by atoms with Crippen LogP contribution in [-0.2, 0) is 5.41 Å². The Morgan fingerprint density at radius 1 is 0.246 bits per heavy atom. The topological polar surface area (TPSA) is 0 Å². The highest BCUT2D eigenvalue weighted by Gasteiger charge is 2.47. The van der Waals surface area contributed by atoms with Crippen molar-refractivity contribution in [3.8, 4) is 33.4 Å².